The molecular weight excluding hydrogens is 234 g/mol. The summed E-state index contributed by atoms with van der Waals surface area (Å²) in [6.07, 6.45) is 2.21. The van der Waals surface area contributed by atoms with Crippen LogP contribution in [-0.2, 0) is 12.8 Å². The number of amides is 1. The molecule has 0 aromatic heterocycles. The molecule has 1 amide bonds. The van der Waals surface area contributed by atoms with Gasteiger partial charge in [0.1, 0.15) is 0 Å². The summed E-state index contributed by atoms with van der Waals surface area (Å²) in [4.78, 5) is 14.5. The van der Waals surface area contributed by atoms with Crippen molar-refractivity contribution in [1.29, 1.82) is 0 Å². The number of aryl methyl sites for hydroxylation is 2. The summed E-state index contributed by atoms with van der Waals surface area (Å²) in [6.45, 7) is 5.58. The van der Waals surface area contributed by atoms with Crippen molar-refractivity contribution in [3.8, 4) is 0 Å². The summed E-state index contributed by atoms with van der Waals surface area (Å²) >= 11 is 0. The van der Waals surface area contributed by atoms with Gasteiger partial charge in [-0.05, 0) is 54.7 Å². The lowest BCUT2D eigenvalue weighted by Crippen LogP contribution is -2.30. The number of hydrogen-bond donors (Lipinski definition) is 0. The van der Waals surface area contributed by atoms with Gasteiger partial charge in [0.2, 0.25) is 0 Å². The zero-order valence-corrected chi connectivity index (χ0v) is 11.6. The first kappa shape index (κ1) is 12.2. The van der Waals surface area contributed by atoms with E-state index in [-0.39, 0.29) is 5.91 Å². The molecule has 0 radical (unpaired) electrons. The maximum atomic E-state index is 12.6. The maximum absolute atomic E-state index is 12.6. The van der Waals surface area contributed by atoms with Crippen molar-refractivity contribution in [2.45, 2.75) is 26.7 Å². The van der Waals surface area contributed by atoms with Gasteiger partial charge >= 0.3 is 0 Å². The fraction of sp³-hybridized carbons (Fsp3) is 0.353. The van der Waals surface area contributed by atoms with E-state index < -0.39 is 0 Å². The molecule has 0 atom stereocenters. The Bertz CT molecular complexity index is 631. The van der Waals surface area contributed by atoms with Crippen molar-refractivity contribution in [2.24, 2.45) is 0 Å². The van der Waals surface area contributed by atoms with Crippen LogP contribution in [0, 0.1) is 0 Å². The first-order chi connectivity index (χ1) is 9.26. The third-order valence-electron chi connectivity index (χ3n) is 4.16. The lowest BCUT2D eigenvalue weighted by Gasteiger charge is -2.20. The van der Waals surface area contributed by atoms with E-state index >= 15 is 0 Å². The van der Waals surface area contributed by atoms with Gasteiger partial charge in [0.05, 0.1) is 0 Å². The summed E-state index contributed by atoms with van der Waals surface area (Å²) in [5, 5.41) is 2.45. The molecule has 2 heteroatoms. The van der Waals surface area contributed by atoms with Crippen LogP contribution < -0.4 is 0 Å². The van der Waals surface area contributed by atoms with Crippen molar-refractivity contribution >= 4 is 16.7 Å². The van der Waals surface area contributed by atoms with E-state index in [4.69, 9.17) is 0 Å². The molecule has 0 unspecified atom stereocenters. The topological polar surface area (TPSA) is 20.3 Å². The molecule has 19 heavy (non-hydrogen) atoms. The van der Waals surface area contributed by atoms with E-state index in [0.717, 1.165) is 36.9 Å². The fourth-order valence-corrected chi connectivity index (χ4v) is 3.11. The van der Waals surface area contributed by atoms with Gasteiger partial charge in [0.15, 0.2) is 0 Å². The van der Waals surface area contributed by atoms with Gasteiger partial charge in [-0.1, -0.05) is 24.3 Å². The van der Waals surface area contributed by atoms with Crippen LogP contribution in [0.15, 0.2) is 30.3 Å². The number of hydrogen-bond acceptors (Lipinski definition) is 1. The van der Waals surface area contributed by atoms with Crippen LogP contribution in [0.1, 0.15) is 35.3 Å². The Morgan fingerprint density at radius 1 is 1.05 bits per heavy atom. The lowest BCUT2D eigenvalue weighted by atomic mass is 9.99. The van der Waals surface area contributed by atoms with Crippen LogP contribution in [0.3, 0.4) is 0 Å². The highest BCUT2D eigenvalue weighted by Crippen LogP contribution is 2.33. The molecule has 1 aliphatic carbocycles. The molecule has 2 aromatic rings. The standard InChI is InChI=1S/C17H19NO/c1-3-18(4-2)17(19)15-11-10-13-9-8-12-6-5-7-14(15)16(12)13/h5-7,10-11H,3-4,8-9H2,1-2H3. The average molecular weight is 253 g/mol. The normalized spacial score (nSPS) is 12.9. The molecule has 0 saturated heterocycles. The van der Waals surface area contributed by atoms with E-state index in [9.17, 15) is 4.79 Å². The van der Waals surface area contributed by atoms with E-state index in [1.807, 2.05) is 24.8 Å². The third kappa shape index (κ3) is 1.83. The quantitative estimate of drug-likeness (QED) is 0.820. The molecular formula is C17H19NO. The van der Waals surface area contributed by atoms with Crippen molar-refractivity contribution in [2.75, 3.05) is 13.1 Å². The average Bonchev–Trinajstić information content (AvgIpc) is 2.86. The Morgan fingerprint density at radius 3 is 2.42 bits per heavy atom. The zero-order chi connectivity index (χ0) is 13.4. The van der Waals surface area contributed by atoms with Gasteiger partial charge in [0.25, 0.3) is 5.91 Å². The predicted molar refractivity (Wildman–Crippen MR) is 78.6 cm³/mol. The Kier molecular flexibility index (Phi) is 3.02. The Labute approximate surface area is 114 Å². The second-order valence-corrected chi connectivity index (χ2v) is 5.09. The highest BCUT2D eigenvalue weighted by molar-refractivity contribution is 6.09. The zero-order valence-electron chi connectivity index (χ0n) is 11.6. The summed E-state index contributed by atoms with van der Waals surface area (Å²) in [5.41, 5.74) is 3.63. The van der Waals surface area contributed by atoms with Crippen molar-refractivity contribution in [3.05, 3.63) is 47.0 Å². The van der Waals surface area contributed by atoms with Crippen LogP contribution >= 0.6 is 0 Å². The lowest BCUT2D eigenvalue weighted by molar-refractivity contribution is 0.0775. The second-order valence-electron chi connectivity index (χ2n) is 5.09. The van der Waals surface area contributed by atoms with Gasteiger partial charge in [-0.3, -0.25) is 4.79 Å². The number of carbonyl (C=O) groups excluding carboxylic acids is 1. The monoisotopic (exact) mass is 253 g/mol. The first-order valence-electron chi connectivity index (χ1n) is 7.09. The van der Waals surface area contributed by atoms with E-state index in [1.54, 1.807) is 0 Å². The van der Waals surface area contributed by atoms with Crippen molar-refractivity contribution < 1.29 is 4.79 Å². The minimum Gasteiger partial charge on any atom is -0.339 e. The predicted octanol–water partition coefficient (Wildman–Crippen LogP) is 3.42. The van der Waals surface area contributed by atoms with Crippen LogP contribution in [-0.4, -0.2) is 23.9 Å². The third-order valence-corrected chi connectivity index (χ3v) is 4.16. The largest absolute Gasteiger partial charge is 0.339 e. The molecule has 0 bridgehead atoms. The second kappa shape index (κ2) is 4.69. The fourth-order valence-electron chi connectivity index (χ4n) is 3.11. The summed E-state index contributed by atoms with van der Waals surface area (Å²) in [5.74, 6) is 0.153. The SMILES string of the molecule is CCN(CC)C(=O)c1ccc2c3c(cccc13)CC2. The molecule has 98 valence electrons. The molecule has 0 fully saturated rings. The molecule has 1 aliphatic rings. The first-order valence-corrected chi connectivity index (χ1v) is 7.09. The molecule has 0 saturated carbocycles. The van der Waals surface area contributed by atoms with Gasteiger partial charge in [-0.2, -0.15) is 0 Å². The van der Waals surface area contributed by atoms with Crippen LogP contribution in [0.5, 0.6) is 0 Å². The highest BCUT2D eigenvalue weighted by Gasteiger charge is 2.20. The molecule has 0 aliphatic heterocycles. The molecule has 2 aromatic carbocycles. The Balaban J connectivity index is 2.18. The van der Waals surface area contributed by atoms with Crippen molar-refractivity contribution in [3.63, 3.8) is 0 Å². The highest BCUT2D eigenvalue weighted by atomic mass is 16.2. The van der Waals surface area contributed by atoms with Gasteiger partial charge in [-0.25, -0.2) is 0 Å². The van der Waals surface area contributed by atoms with E-state index in [1.165, 1.54) is 16.5 Å². The Hall–Kier alpha value is -1.83. The minimum atomic E-state index is 0.153. The molecule has 2 nitrogen and oxygen atoms in total. The van der Waals surface area contributed by atoms with E-state index in [0.29, 0.717) is 0 Å². The molecule has 0 N–H and O–H groups in total. The molecule has 0 heterocycles. The maximum Gasteiger partial charge on any atom is 0.254 e. The summed E-state index contributed by atoms with van der Waals surface area (Å²) < 4.78 is 0. The van der Waals surface area contributed by atoms with E-state index in [2.05, 4.69) is 24.3 Å². The number of rotatable bonds is 3. The smallest absolute Gasteiger partial charge is 0.254 e. The van der Waals surface area contributed by atoms with Gasteiger partial charge in [0, 0.05) is 18.7 Å². The van der Waals surface area contributed by atoms with Crippen LogP contribution in [0.25, 0.3) is 10.8 Å². The number of nitrogens with zero attached hydrogens (tertiary/aromatic N) is 1. The Morgan fingerprint density at radius 2 is 1.74 bits per heavy atom. The van der Waals surface area contributed by atoms with Gasteiger partial charge < -0.3 is 4.90 Å². The molecule has 0 spiro atoms. The summed E-state index contributed by atoms with van der Waals surface area (Å²) in [6, 6.07) is 10.5. The molecule has 3 rings (SSSR count). The van der Waals surface area contributed by atoms with Crippen LogP contribution in [0.4, 0.5) is 0 Å². The van der Waals surface area contributed by atoms with Crippen molar-refractivity contribution in [1.82, 2.24) is 4.90 Å². The number of carbonyl (C=O) groups is 1. The minimum absolute atomic E-state index is 0.153. The van der Waals surface area contributed by atoms with Gasteiger partial charge in [-0.15, -0.1) is 0 Å². The number of benzene rings is 2. The van der Waals surface area contributed by atoms with Crippen LogP contribution in [0.2, 0.25) is 0 Å². The summed E-state index contributed by atoms with van der Waals surface area (Å²) in [7, 11) is 0.